The molecule has 2 aliphatic rings. The van der Waals surface area contributed by atoms with Gasteiger partial charge in [0.1, 0.15) is 6.54 Å². The van der Waals surface area contributed by atoms with E-state index in [-0.39, 0.29) is 24.9 Å². The molecule has 0 N–H and O–H groups in total. The van der Waals surface area contributed by atoms with Crippen LogP contribution >= 0.6 is 11.3 Å². The van der Waals surface area contributed by atoms with Crippen molar-refractivity contribution in [2.75, 3.05) is 19.6 Å². The molecule has 2 saturated heterocycles. The molecular weight excluding hydrogens is 329 g/mol. The van der Waals surface area contributed by atoms with Gasteiger partial charge in [0.15, 0.2) is 0 Å². The highest BCUT2D eigenvalue weighted by molar-refractivity contribution is 7.10. The summed E-state index contributed by atoms with van der Waals surface area (Å²) in [6.45, 7) is -0.805. The number of hydrogen-bond donors (Lipinski definition) is 0. The number of halogens is 3. The molecule has 4 nitrogen and oxygen atoms in total. The van der Waals surface area contributed by atoms with Crippen molar-refractivity contribution in [1.29, 1.82) is 0 Å². The van der Waals surface area contributed by atoms with Gasteiger partial charge in [-0.3, -0.25) is 9.59 Å². The molecule has 126 valence electrons. The number of rotatable bonds is 3. The van der Waals surface area contributed by atoms with Crippen LogP contribution in [0.2, 0.25) is 0 Å². The second-order valence-corrected chi connectivity index (χ2v) is 6.97. The molecule has 2 aliphatic heterocycles. The molecule has 0 unspecified atom stereocenters. The number of carbonyl (C=O) groups is 2. The molecule has 0 saturated carbocycles. The highest BCUT2D eigenvalue weighted by Crippen LogP contribution is 2.36. The van der Waals surface area contributed by atoms with E-state index in [0.717, 1.165) is 22.6 Å². The predicted octanol–water partition coefficient (Wildman–Crippen LogP) is 2.82. The van der Waals surface area contributed by atoms with E-state index in [1.54, 1.807) is 16.2 Å². The van der Waals surface area contributed by atoms with Crippen LogP contribution in [0.1, 0.15) is 30.2 Å². The summed E-state index contributed by atoms with van der Waals surface area (Å²) in [6.07, 6.45) is -2.82. The van der Waals surface area contributed by atoms with Crippen LogP contribution in [0.5, 0.6) is 0 Å². The Bertz CT molecular complexity index is 588. The minimum absolute atomic E-state index is 0.00531. The van der Waals surface area contributed by atoms with Gasteiger partial charge in [-0.25, -0.2) is 0 Å². The monoisotopic (exact) mass is 346 g/mol. The first-order valence-electron chi connectivity index (χ1n) is 7.53. The lowest BCUT2D eigenvalue weighted by Gasteiger charge is -2.26. The van der Waals surface area contributed by atoms with E-state index in [9.17, 15) is 22.8 Å². The normalized spacial score (nSPS) is 25.4. The van der Waals surface area contributed by atoms with Crippen molar-refractivity contribution in [3.05, 3.63) is 22.4 Å². The Morgan fingerprint density at radius 1 is 1.39 bits per heavy atom. The lowest BCUT2D eigenvalue weighted by atomic mass is 10.1. The minimum Gasteiger partial charge on any atom is -0.335 e. The SMILES string of the molecule is O=C1C[C@H](C(=O)N2CCC[C@@H]2c2cccs2)CN1CC(F)(F)F. The van der Waals surface area contributed by atoms with Crippen LogP contribution in [0.4, 0.5) is 13.2 Å². The van der Waals surface area contributed by atoms with Gasteiger partial charge in [-0.2, -0.15) is 13.2 Å². The second-order valence-electron chi connectivity index (χ2n) is 6.00. The van der Waals surface area contributed by atoms with E-state index in [1.807, 2.05) is 17.5 Å². The number of likely N-dealkylation sites (tertiary alicyclic amines) is 2. The Labute approximate surface area is 135 Å². The molecule has 8 heteroatoms. The molecule has 0 aromatic carbocycles. The van der Waals surface area contributed by atoms with Crippen molar-refractivity contribution in [2.45, 2.75) is 31.5 Å². The summed E-state index contributed by atoms with van der Waals surface area (Å²) in [6, 6.07) is 3.89. The van der Waals surface area contributed by atoms with Gasteiger partial charge in [0.25, 0.3) is 0 Å². The minimum atomic E-state index is -4.43. The largest absolute Gasteiger partial charge is 0.406 e. The van der Waals surface area contributed by atoms with Crippen LogP contribution in [0, 0.1) is 5.92 Å². The third kappa shape index (κ3) is 3.52. The molecule has 2 fully saturated rings. The fraction of sp³-hybridized carbons (Fsp3) is 0.600. The first kappa shape index (κ1) is 16.3. The molecule has 0 bridgehead atoms. The summed E-state index contributed by atoms with van der Waals surface area (Å²) in [4.78, 5) is 28.0. The highest BCUT2D eigenvalue weighted by atomic mass is 32.1. The van der Waals surface area contributed by atoms with Crippen LogP contribution in [0.15, 0.2) is 17.5 Å². The predicted molar refractivity (Wildman–Crippen MR) is 78.7 cm³/mol. The maximum Gasteiger partial charge on any atom is 0.406 e. The molecule has 2 atom stereocenters. The third-order valence-corrected chi connectivity index (χ3v) is 5.31. The van der Waals surface area contributed by atoms with Gasteiger partial charge >= 0.3 is 6.18 Å². The summed E-state index contributed by atoms with van der Waals surface area (Å²) < 4.78 is 37.4. The van der Waals surface area contributed by atoms with Gasteiger partial charge in [0.05, 0.1) is 12.0 Å². The zero-order chi connectivity index (χ0) is 16.6. The van der Waals surface area contributed by atoms with E-state index in [0.29, 0.717) is 6.54 Å². The number of carbonyl (C=O) groups excluding carboxylic acids is 2. The summed E-state index contributed by atoms with van der Waals surface area (Å²) >= 11 is 1.57. The zero-order valence-corrected chi connectivity index (χ0v) is 13.2. The Hall–Kier alpha value is -1.57. The van der Waals surface area contributed by atoms with Crippen molar-refractivity contribution in [3.63, 3.8) is 0 Å². The quantitative estimate of drug-likeness (QED) is 0.844. The van der Waals surface area contributed by atoms with E-state index < -0.39 is 24.5 Å². The lowest BCUT2D eigenvalue weighted by Crippen LogP contribution is -2.38. The second kappa shape index (κ2) is 6.14. The molecule has 23 heavy (non-hydrogen) atoms. The molecule has 1 aromatic heterocycles. The first-order chi connectivity index (χ1) is 10.8. The van der Waals surface area contributed by atoms with E-state index in [4.69, 9.17) is 0 Å². The molecule has 0 aliphatic carbocycles. The van der Waals surface area contributed by atoms with Crippen LogP contribution in [0.25, 0.3) is 0 Å². The number of amides is 2. The van der Waals surface area contributed by atoms with Gasteiger partial charge in [-0.1, -0.05) is 6.07 Å². The fourth-order valence-corrected chi connectivity index (χ4v) is 4.22. The lowest BCUT2D eigenvalue weighted by molar-refractivity contribution is -0.157. The average molecular weight is 346 g/mol. The molecule has 2 amide bonds. The summed E-state index contributed by atoms with van der Waals surface area (Å²) in [7, 11) is 0. The standard InChI is InChI=1S/C15H17F3N2O2S/c16-15(17,18)9-19-8-10(7-13(19)21)14(22)20-5-1-3-11(20)12-4-2-6-23-12/h2,4,6,10-11H,1,3,5,7-9H2/t10-,11+/m0/s1. The van der Waals surface area contributed by atoms with E-state index >= 15 is 0 Å². The van der Waals surface area contributed by atoms with Crippen LogP contribution in [-0.2, 0) is 9.59 Å². The highest BCUT2D eigenvalue weighted by Gasteiger charge is 2.43. The van der Waals surface area contributed by atoms with Gasteiger partial charge in [0, 0.05) is 24.4 Å². The van der Waals surface area contributed by atoms with Gasteiger partial charge < -0.3 is 9.80 Å². The van der Waals surface area contributed by atoms with Gasteiger partial charge in [0.2, 0.25) is 11.8 Å². The average Bonchev–Trinajstić information content (AvgIpc) is 3.16. The maximum absolute atomic E-state index is 12.7. The van der Waals surface area contributed by atoms with Crippen molar-refractivity contribution in [2.24, 2.45) is 5.92 Å². The first-order valence-corrected chi connectivity index (χ1v) is 8.41. The molecule has 0 spiro atoms. The molecule has 3 rings (SSSR count). The molecule has 1 aromatic rings. The van der Waals surface area contributed by atoms with Crippen molar-refractivity contribution < 1.29 is 22.8 Å². The summed E-state index contributed by atoms with van der Waals surface area (Å²) in [5.41, 5.74) is 0. The number of thiophene rings is 1. The van der Waals surface area contributed by atoms with Crippen molar-refractivity contribution in [3.8, 4) is 0 Å². The Balaban J connectivity index is 1.68. The fourth-order valence-electron chi connectivity index (χ4n) is 3.35. The number of alkyl halides is 3. The summed E-state index contributed by atoms with van der Waals surface area (Å²) in [5.74, 6) is -1.45. The smallest absolute Gasteiger partial charge is 0.335 e. The van der Waals surface area contributed by atoms with Gasteiger partial charge in [-0.05, 0) is 24.3 Å². The van der Waals surface area contributed by atoms with Crippen LogP contribution in [0.3, 0.4) is 0 Å². The third-order valence-electron chi connectivity index (χ3n) is 4.34. The van der Waals surface area contributed by atoms with Crippen LogP contribution < -0.4 is 0 Å². The molecular formula is C15H17F3N2O2S. The summed E-state index contributed by atoms with van der Waals surface area (Å²) in [5, 5.41) is 1.94. The molecule has 3 heterocycles. The Morgan fingerprint density at radius 3 is 2.83 bits per heavy atom. The molecule has 0 radical (unpaired) electrons. The van der Waals surface area contributed by atoms with E-state index in [1.165, 1.54) is 0 Å². The Kier molecular flexibility index (Phi) is 4.35. The van der Waals surface area contributed by atoms with Crippen LogP contribution in [-0.4, -0.2) is 47.4 Å². The number of hydrogen-bond acceptors (Lipinski definition) is 3. The Morgan fingerprint density at radius 2 is 2.17 bits per heavy atom. The van der Waals surface area contributed by atoms with E-state index in [2.05, 4.69) is 0 Å². The van der Waals surface area contributed by atoms with Crippen molar-refractivity contribution in [1.82, 2.24) is 9.80 Å². The van der Waals surface area contributed by atoms with Crippen molar-refractivity contribution >= 4 is 23.2 Å². The number of nitrogens with zero attached hydrogens (tertiary/aromatic N) is 2. The zero-order valence-electron chi connectivity index (χ0n) is 12.4. The maximum atomic E-state index is 12.7. The van der Waals surface area contributed by atoms with Gasteiger partial charge in [-0.15, -0.1) is 11.3 Å². The topological polar surface area (TPSA) is 40.6 Å².